The second-order valence-electron chi connectivity index (χ2n) is 6.05. The van der Waals surface area contributed by atoms with Gasteiger partial charge in [-0.3, -0.25) is 14.8 Å². The third-order valence-electron chi connectivity index (χ3n) is 4.28. The van der Waals surface area contributed by atoms with Crippen LogP contribution < -0.4 is 10.9 Å². The molecule has 0 atom stereocenters. The van der Waals surface area contributed by atoms with E-state index in [0.29, 0.717) is 11.1 Å². The molecule has 2 aromatic carbocycles. The van der Waals surface area contributed by atoms with Crippen molar-refractivity contribution in [1.29, 1.82) is 0 Å². The van der Waals surface area contributed by atoms with E-state index < -0.39 is 11.8 Å². The number of hydroxylamine groups is 1. The first-order valence-corrected chi connectivity index (χ1v) is 8.40. The summed E-state index contributed by atoms with van der Waals surface area (Å²) >= 11 is 0. The number of aromatic amines is 1. The lowest BCUT2D eigenvalue weighted by Gasteiger charge is -2.01. The van der Waals surface area contributed by atoms with Crippen LogP contribution in [0.1, 0.15) is 26.4 Å². The molecule has 4 aromatic rings. The average molecular weight is 373 g/mol. The number of carbonyl (C=O) groups is 2. The Bertz CT molecular complexity index is 1210. The van der Waals surface area contributed by atoms with Gasteiger partial charge in [0, 0.05) is 21.9 Å². The number of benzene rings is 2. The predicted molar refractivity (Wildman–Crippen MR) is 104 cm³/mol. The maximum Gasteiger partial charge on any atom is 0.289 e. The highest BCUT2D eigenvalue weighted by atomic mass is 16.5. The number of hydrogen-bond acceptors (Lipinski definition) is 5. The molecule has 0 unspecified atom stereocenters. The lowest BCUT2D eigenvalue weighted by Crippen LogP contribution is -2.19. The summed E-state index contributed by atoms with van der Waals surface area (Å²) in [4.78, 5) is 31.1. The first kappa shape index (κ1) is 17.4. The number of para-hydroxylation sites is 1. The van der Waals surface area contributed by atoms with Crippen LogP contribution in [-0.2, 0) is 0 Å². The summed E-state index contributed by atoms with van der Waals surface area (Å²) in [6, 6.07) is 15.9. The first-order chi connectivity index (χ1) is 13.7. The molecule has 0 spiro atoms. The van der Waals surface area contributed by atoms with E-state index in [4.69, 9.17) is 5.21 Å². The van der Waals surface area contributed by atoms with Crippen molar-refractivity contribution in [3.8, 4) is 0 Å². The summed E-state index contributed by atoms with van der Waals surface area (Å²) in [5, 5.41) is 14.5. The number of pyridine rings is 1. The summed E-state index contributed by atoms with van der Waals surface area (Å²) in [6.45, 7) is 0. The molecule has 2 heterocycles. The van der Waals surface area contributed by atoms with Crippen LogP contribution in [-0.4, -0.2) is 33.2 Å². The van der Waals surface area contributed by atoms with Gasteiger partial charge in [0.2, 0.25) is 0 Å². The highest BCUT2D eigenvalue weighted by Gasteiger charge is 2.10. The number of carbonyl (C=O) groups excluding carboxylic acids is 2. The molecule has 0 fully saturated rings. The van der Waals surface area contributed by atoms with Crippen LogP contribution in [0.25, 0.3) is 21.8 Å². The minimum Gasteiger partial charge on any atom is -0.353 e. The Hall–Kier alpha value is -4.04. The number of rotatable bonds is 4. The number of amides is 2. The van der Waals surface area contributed by atoms with Crippen LogP contribution >= 0.6 is 0 Å². The molecule has 2 amide bonds. The van der Waals surface area contributed by atoms with Gasteiger partial charge in [-0.25, -0.2) is 15.9 Å². The molecule has 138 valence electrons. The molecule has 4 rings (SSSR count). The molecule has 0 saturated carbocycles. The third-order valence-corrected chi connectivity index (χ3v) is 4.28. The number of nitrogens with one attached hydrogen (secondary N) is 3. The Kier molecular flexibility index (Phi) is 4.53. The molecule has 0 aliphatic carbocycles. The number of H-pyrrole nitrogens is 1. The van der Waals surface area contributed by atoms with Gasteiger partial charge in [0.05, 0.1) is 17.9 Å². The van der Waals surface area contributed by atoms with Crippen molar-refractivity contribution in [2.24, 2.45) is 5.10 Å². The SMILES string of the molecule is O=C(NO)c1ccc(/C=N/NC(=O)c2cc3c(cn2)[nH]c2ccccc23)cc1. The molecule has 0 bridgehead atoms. The van der Waals surface area contributed by atoms with Gasteiger partial charge in [0.15, 0.2) is 0 Å². The smallest absolute Gasteiger partial charge is 0.289 e. The zero-order valence-corrected chi connectivity index (χ0v) is 14.5. The van der Waals surface area contributed by atoms with Crippen LogP contribution in [0.4, 0.5) is 0 Å². The topological polar surface area (TPSA) is 119 Å². The standard InChI is InChI=1S/C20H15N5O3/c26-19(25-28)13-7-5-12(6-8-13)10-22-24-20(27)17-9-15-14-3-1-2-4-16(14)23-18(15)11-21-17/h1-11,23,28H,(H,24,27)(H,25,26)/b22-10+. The largest absolute Gasteiger partial charge is 0.353 e. The van der Waals surface area contributed by atoms with Gasteiger partial charge in [0.25, 0.3) is 11.8 Å². The first-order valence-electron chi connectivity index (χ1n) is 8.40. The zero-order valence-electron chi connectivity index (χ0n) is 14.5. The van der Waals surface area contributed by atoms with Crippen LogP contribution in [0.15, 0.2) is 65.9 Å². The molecule has 2 aromatic heterocycles. The fourth-order valence-electron chi connectivity index (χ4n) is 2.88. The lowest BCUT2D eigenvalue weighted by atomic mass is 10.1. The molecule has 28 heavy (non-hydrogen) atoms. The van der Waals surface area contributed by atoms with Crippen LogP contribution in [0.3, 0.4) is 0 Å². The Morgan fingerprint density at radius 2 is 1.79 bits per heavy atom. The van der Waals surface area contributed by atoms with E-state index in [1.165, 1.54) is 18.3 Å². The van der Waals surface area contributed by atoms with Crippen molar-refractivity contribution in [2.75, 3.05) is 0 Å². The van der Waals surface area contributed by atoms with E-state index >= 15 is 0 Å². The van der Waals surface area contributed by atoms with Crippen LogP contribution in [0.2, 0.25) is 0 Å². The van der Waals surface area contributed by atoms with Crippen molar-refractivity contribution in [3.63, 3.8) is 0 Å². The number of fused-ring (bicyclic) bond motifs is 3. The highest BCUT2D eigenvalue weighted by Crippen LogP contribution is 2.24. The van der Waals surface area contributed by atoms with E-state index in [2.05, 4.69) is 20.5 Å². The van der Waals surface area contributed by atoms with Gasteiger partial charge in [0.1, 0.15) is 5.69 Å². The Balaban J connectivity index is 1.49. The maximum absolute atomic E-state index is 12.3. The molecule has 0 radical (unpaired) electrons. The third kappa shape index (κ3) is 3.31. The number of aromatic nitrogens is 2. The van der Waals surface area contributed by atoms with Gasteiger partial charge in [-0.05, 0) is 29.8 Å². The van der Waals surface area contributed by atoms with E-state index in [1.807, 2.05) is 24.3 Å². The molecule has 8 nitrogen and oxygen atoms in total. The van der Waals surface area contributed by atoms with Gasteiger partial charge in [-0.2, -0.15) is 5.10 Å². The van der Waals surface area contributed by atoms with E-state index in [0.717, 1.165) is 21.8 Å². The molecule has 8 heteroatoms. The van der Waals surface area contributed by atoms with Gasteiger partial charge < -0.3 is 4.98 Å². The Morgan fingerprint density at radius 3 is 2.57 bits per heavy atom. The number of hydrogen-bond donors (Lipinski definition) is 4. The summed E-state index contributed by atoms with van der Waals surface area (Å²) in [7, 11) is 0. The second kappa shape index (κ2) is 7.29. The molecule has 0 saturated heterocycles. The van der Waals surface area contributed by atoms with E-state index in [-0.39, 0.29) is 5.69 Å². The predicted octanol–water partition coefficient (Wildman–Crippen LogP) is 2.60. The van der Waals surface area contributed by atoms with Crippen LogP contribution in [0, 0.1) is 0 Å². The van der Waals surface area contributed by atoms with Gasteiger partial charge in [-0.15, -0.1) is 0 Å². The molecular formula is C20H15N5O3. The average Bonchev–Trinajstić information content (AvgIpc) is 3.11. The van der Waals surface area contributed by atoms with Crippen LogP contribution in [0.5, 0.6) is 0 Å². The minimum absolute atomic E-state index is 0.254. The number of hydrazone groups is 1. The monoisotopic (exact) mass is 373 g/mol. The van der Waals surface area contributed by atoms with E-state index in [9.17, 15) is 9.59 Å². The normalized spacial score (nSPS) is 11.2. The Morgan fingerprint density at radius 1 is 1.00 bits per heavy atom. The zero-order chi connectivity index (χ0) is 19.5. The van der Waals surface area contributed by atoms with Gasteiger partial charge >= 0.3 is 0 Å². The lowest BCUT2D eigenvalue weighted by molar-refractivity contribution is 0.0706. The van der Waals surface area contributed by atoms with Crippen molar-refractivity contribution in [1.82, 2.24) is 20.9 Å². The fourth-order valence-corrected chi connectivity index (χ4v) is 2.88. The maximum atomic E-state index is 12.3. The second-order valence-corrected chi connectivity index (χ2v) is 6.05. The molecule has 0 aliphatic heterocycles. The van der Waals surface area contributed by atoms with Gasteiger partial charge in [-0.1, -0.05) is 30.3 Å². The highest BCUT2D eigenvalue weighted by molar-refractivity contribution is 6.09. The molecular weight excluding hydrogens is 358 g/mol. The Labute approximate surface area is 158 Å². The summed E-state index contributed by atoms with van der Waals surface area (Å²) in [5.74, 6) is -1.03. The molecule has 0 aliphatic rings. The summed E-state index contributed by atoms with van der Waals surface area (Å²) < 4.78 is 0. The van der Waals surface area contributed by atoms with Crippen molar-refractivity contribution in [3.05, 3.63) is 77.6 Å². The summed E-state index contributed by atoms with van der Waals surface area (Å²) in [6.07, 6.45) is 3.07. The number of nitrogens with zero attached hydrogens (tertiary/aromatic N) is 2. The molecule has 4 N–H and O–H groups in total. The summed E-state index contributed by atoms with van der Waals surface area (Å²) in [5.41, 5.74) is 7.07. The minimum atomic E-state index is -0.601. The quantitative estimate of drug-likeness (QED) is 0.250. The van der Waals surface area contributed by atoms with Crippen molar-refractivity contribution in [2.45, 2.75) is 0 Å². The van der Waals surface area contributed by atoms with Crippen molar-refractivity contribution < 1.29 is 14.8 Å². The fraction of sp³-hybridized carbons (Fsp3) is 0. The van der Waals surface area contributed by atoms with Crippen molar-refractivity contribution >= 4 is 39.8 Å². The van der Waals surface area contributed by atoms with E-state index in [1.54, 1.807) is 29.9 Å².